The molecule has 1 unspecified atom stereocenters. The molecular formula is C21H36IN5O2S. The van der Waals surface area contributed by atoms with Crippen molar-refractivity contribution in [3.8, 4) is 0 Å². The lowest BCUT2D eigenvalue weighted by Crippen LogP contribution is -2.52. The summed E-state index contributed by atoms with van der Waals surface area (Å²) in [7, 11) is -1.25. The van der Waals surface area contributed by atoms with E-state index in [-0.39, 0.29) is 24.0 Å². The normalized spacial score (nSPS) is 22.3. The molecule has 0 spiro atoms. The van der Waals surface area contributed by atoms with E-state index in [1.54, 1.807) is 4.31 Å². The fourth-order valence-corrected chi connectivity index (χ4v) is 5.11. The molecule has 30 heavy (non-hydrogen) atoms. The van der Waals surface area contributed by atoms with Gasteiger partial charge in [-0.1, -0.05) is 30.3 Å². The van der Waals surface area contributed by atoms with Crippen LogP contribution in [-0.2, 0) is 16.6 Å². The van der Waals surface area contributed by atoms with Crippen LogP contribution >= 0.6 is 24.0 Å². The summed E-state index contributed by atoms with van der Waals surface area (Å²) in [6.45, 7) is 5.21. The van der Waals surface area contributed by atoms with Crippen molar-refractivity contribution >= 4 is 40.0 Å². The third-order valence-corrected chi connectivity index (χ3v) is 7.22. The summed E-state index contributed by atoms with van der Waals surface area (Å²) in [5.74, 6) is 1.33. The third kappa shape index (κ3) is 7.97. The molecule has 2 N–H and O–H groups in total. The number of guanidine groups is 1. The lowest BCUT2D eigenvalue weighted by atomic mass is 9.98. The van der Waals surface area contributed by atoms with Gasteiger partial charge in [-0.3, -0.25) is 9.89 Å². The molecule has 0 amide bonds. The number of hydrogen-bond donors (Lipinski definition) is 2. The second-order valence-corrected chi connectivity index (χ2v) is 10.2. The number of hydrogen-bond acceptors (Lipinski definition) is 4. The first kappa shape index (κ1) is 25.4. The third-order valence-electron chi connectivity index (χ3n) is 5.92. The van der Waals surface area contributed by atoms with Crippen LogP contribution in [0.3, 0.4) is 0 Å². The fourth-order valence-electron chi connectivity index (χ4n) is 4.23. The van der Waals surface area contributed by atoms with Crippen molar-refractivity contribution in [2.45, 2.75) is 38.3 Å². The molecule has 2 aliphatic heterocycles. The molecule has 0 aromatic heterocycles. The highest BCUT2D eigenvalue weighted by atomic mass is 127. The molecule has 3 rings (SSSR count). The Bertz CT molecular complexity index is 767. The second kappa shape index (κ2) is 12.2. The Morgan fingerprint density at radius 2 is 1.83 bits per heavy atom. The van der Waals surface area contributed by atoms with Crippen LogP contribution in [0.25, 0.3) is 0 Å². The Kier molecular flexibility index (Phi) is 10.3. The van der Waals surface area contributed by atoms with Crippen LogP contribution in [0, 0.1) is 5.92 Å². The van der Waals surface area contributed by atoms with Gasteiger partial charge in [0, 0.05) is 45.8 Å². The predicted molar refractivity (Wildman–Crippen MR) is 134 cm³/mol. The number of benzene rings is 1. The molecule has 1 aromatic carbocycles. The monoisotopic (exact) mass is 549 g/mol. The van der Waals surface area contributed by atoms with Gasteiger partial charge in [0.25, 0.3) is 0 Å². The molecule has 170 valence electrons. The molecule has 2 fully saturated rings. The molecular weight excluding hydrogens is 513 g/mol. The van der Waals surface area contributed by atoms with Crippen LogP contribution in [-0.4, -0.2) is 75.7 Å². The lowest BCUT2D eigenvalue weighted by molar-refractivity contribution is 0.192. The average molecular weight is 550 g/mol. The summed E-state index contributed by atoms with van der Waals surface area (Å²) >= 11 is 0. The molecule has 1 aromatic rings. The summed E-state index contributed by atoms with van der Waals surface area (Å²) in [5, 5.41) is 7.04. The number of sulfonamides is 1. The maximum Gasteiger partial charge on any atom is 0.211 e. The summed E-state index contributed by atoms with van der Waals surface area (Å²) in [4.78, 5) is 6.90. The largest absolute Gasteiger partial charge is 0.356 e. The van der Waals surface area contributed by atoms with Gasteiger partial charge < -0.3 is 10.6 Å². The van der Waals surface area contributed by atoms with Crippen molar-refractivity contribution in [2.75, 3.05) is 46.0 Å². The Balaban J connectivity index is 0.00000320. The van der Waals surface area contributed by atoms with Gasteiger partial charge in [0.2, 0.25) is 10.0 Å². The molecule has 0 radical (unpaired) electrons. The van der Waals surface area contributed by atoms with Crippen molar-refractivity contribution in [3.63, 3.8) is 0 Å². The molecule has 0 saturated carbocycles. The van der Waals surface area contributed by atoms with E-state index in [4.69, 9.17) is 0 Å². The van der Waals surface area contributed by atoms with Crippen molar-refractivity contribution in [2.24, 2.45) is 10.9 Å². The predicted octanol–water partition coefficient (Wildman–Crippen LogP) is 2.11. The molecule has 2 saturated heterocycles. The van der Waals surface area contributed by atoms with Gasteiger partial charge in [-0.05, 0) is 43.7 Å². The number of piperidine rings is 2. The summed E-state index contributed by atoms with van der Waals surface area (Å²) in [6.07, 6.45) is 5.42. The van der Waals surface area contributed by atoms with Gasteiger partial charge in [-0.15, -0.1) is 24.0 Å². The number of aliphatic imine (C=N–C) groups is 1. The fraction of sp³-hybridized carbons (Fsp3) is 0.667. The van der Waals surface area contributed by atoms with E-state index in [1.807, 2.05) is 7.05 Å². The van der Waals surface area contributed by atoms with Crippen LogP contribution < -0.4 is 10.6 Å². The first-order chi connectivity index (χ1) is 13.9. The van der Waals surface area contributed by atoms with Gasteiger partial charge in [0.15, 0.2) is 5.96 Å². The van der Waals surface area contributed by atoms with Crippen molar-refractivity contribution < 1.29 is 8.42 Å². The van der Waals surface area contributed by atoms with E-state index < -0.39 is 10.0 Å². The standard InChI is InChI=1S/C21H35N5O2S.HI/c1-22-21(23-15-18-10-13-26(14-11-18)29(2,27)28)24-20-9-6-12-25(17-20)16-19-7-4-3-5-8-19;/h3-5,7-8,18,20H,6,9-17H2,1-2H3,(H2,22,23,24);1H. The number of nitrogens with zero attached hydrogens (tertiary/aromatic N) is 3. The van der Waals surface area contributed by atoms with Crippen molar-refractivity contribution in [3.05, 3.63) is 35.9 Å². The van der Waals surface area contributed by atoms with E-state index in [1.165, 1.54) is 18.2 Å². The van der Waals surface area contributed by atoms with Gasteiger partial charge in [0.05, 0.1) is 6.26 Å². The zero-order chi connectivity index (χ0) is 20.7. The number of rotatable bonds is 6. The molecule has 0 bridgehead atoms. The topological polar surface area (TPSA) is 77.0 Å². The quantitative estimate of drug-likeness (QED) is 0.323. The molecule has 9 heteroatoms. The Labute approximate surface area is 198 Å². The molecule has 2 heterocycles. The van der Waals surface area contributed by atoms with E-state index in [0.29, 0.717) is 25.0 Å². The Hall–Kier alpha value is -0.910. The van der Waals surface area contributed by atoms with Crippen LogP contribution in [0.15, 0.2) is 35.3 Å². The minimum atomic E-state index is -3.06. The molecule has 2 aliphatic rings. The van der Waals surface area contributed by atoms with Gasteiger partial charge in [0.1, 0.15) is 0 Å². The molecule has 7 nitrogen and oxygen atoms in total. The average Bonchev–Trinajstić information content (AvgIpc) is 2.72. The molecule has 0 aliphatic carbocycles. The smallest absolute Gasteiger partial charge is 0.211 e. The van der Waals surface area contributed by atoms with Crippen LogP contribution in [0.4, 0.5) is 0 Å². The minimum absolute atomic E-state index is 0. The van der Waals surface area contributed by atoms with Gasteiger partial charge in [-0.2, -0.15) is 0 Å². The lowest BCUT2D eigenvalue weighted by Gasteiger charge is -2.34. The highest BCUT2D eigenvalue weighted by Crippen LogP contribution is 2.18. The highest BCUT2D eigenvalue weighted by molar-refractivity contribution is 14.0. The Morgan fingerprint density at radius 3 is 2.47 bits per heavy atom. The molecule has 1 atom stereocenters. The number of nitrogens with one attached hydrogen (secondary N) is 2. The van der Waals surface area contributed by atoms with E-state index in [0.717, 1.165) is 51.4 Å². The van der Waals surface area contributed by atoms with Gasteiger partial charge in [-0.25, -0.2) is 12.7 Å². The van der Waals surface area contributed by atoms with E-state index in [2.05, 4.69) is 50.9 Å². The minimum Gasteiger partial charge on any atom is -0.356 e. The maximum atomic E-state index is 11.6. The Morgan fingerprint density at radius 1 is 1.13 bits per heavy atom. The highest BCUT2D eigenvalue weighted by Gasteiger charge is 2.25. The van der Waals surface area contributed by atoms with Crippen LogP contribution in [0.1, 0.15) is 31.2 Å². The first-order valence-electron chi connectivity index (χ1n) is 10.6. The van der Waals surface area contributed by atoms with Gasteiger partial charge >= 0.3 is 0 Å². The first-order valence-corrected chi connectivity index (χ1v) is 12.5. The summed E-state index contributed by atoms with van der Waals surface area (Å²) < 4.78 is 24.9. The summed E-state index contributed by atoms with van der Waals surface area (Å²) in [5.41, 5.74) is 1.36. The van der Waals surface area contributed by atoms with E-state index >= 15 is 0 Å². The van der Waals surface area contributed by atoms with Crippen molar-refractivity contribution in [1.29, 1.82) is 0 Å². The zero-order valence-corrected chi connectivity index (χ0v) is 21.2. The van der Waals surface area contributed by atoms with E-state index in [9.17, 15) is 8.42 Å². The maximum absolute atomic E-state index is 11.6. The van der Waals surface area contributed by atoms with Crippen LogP contribution in [0.2, 0.25) is 0 Å². The number of halogens is 1. The zero-order valence-electron chi connectivity index (χ0n) is 18.1. The SMILES string of the molecule is CN=C(NCC1CCN(S(C)(=O)=O)CC1)NC1CCCN(Cc2ccccc2)C1.I. The summed E-state index contributed by atoms with van der Waals surface area (Å²) in [6, 6.07) is 11.0. The second-order valence-electron chi connectivity index (χ2n) is 8.26. The van der Waals surface area contributed by atoms with Crippen LogP contribution in [0.5, 0.6) is 0 Å². The van der Waals surface area contributed by atoms with Crippen molar-refractivity contribution in [1.82, 2.24) is 19.8 Å². The number of likely N-dealkylation sites (tertiary alicyclic amines) is 1.